The lowest BCUT2D eigenvalue weighted by molar-refractivity contribution is -0.143. The van der Waals surface area contributed by atoms with E-state index >= 15 is 0 Å². The van der Waals surface area contributed by atoms with Crippen LogP contribution in [0.25, 0.3) is 0 Å². The number of carboxylic acids is 1. The summed E-state index contributed by atoms with van der Waals surface area (Å²) >= 11 is 0. The van der Waals surface area contributed by atoms with E-state index in [9.17, 15) is 9.90 Å². The standard InChI is InChI=1S/C12H15NO3/c1-16-10-4-7-13-8-9(10)12(11(14)15)5-2-3-6-12/h4,7-8H,2-3,5-6H2,1H3,(H,14,15). The highest BCUT2D eigenvalue weighted by atomic mass is 16.5. The Morgan fingerprint density at radius 3 is 2.75 bits per heavy atom. The van der Waals surface area contributed by atoms with Crippen LogP contribution < -0.4 is 4.74 Å². The van der Waals surface area contributed by atoms with Gasteiger partial charge < -0.3 is 9.84 Å². The summed E-state index contributed by atoms with van der Waals surface area (Å²) in [6.45, 7) is 0. The Bertz CT molecular complexity index is 397. The zero-order valence-electron chi connectivity index (χ0n) is 9.27. The first-order chi connectivity index (χ1) is 7.70. The molecule has 0 aromatic carbocycles. The molecule has 1 aromatic heterocycles. The molecule has 4 nitrogen and oxygen atoms in total. The van der Waals surface area contributed by atoms with E-state index in [1.165, 1.54) is 0 Å². The zero-order valence-corrected chi connectivity index (χ0v) is 9.27. The number of nitrogens with zero attached hydrogens (tertiary/aromatic N) is 1. The number of aromatic nitrogens is 1. The third-order valence-corrected chi connectivity index (χ3v) is 3.38. The van der Waals surface area contributed by atoms with Crippen LogP contribution >= 0.6 is 0 Å². The van der Waals surface area contributed by atoms with E-state index in [2.05, 4.69) is 4.98 Å². The summed E-state index contributed by atoms with van der Waals surface area (Å²) in [5, 5.41) is 9.45. The molecule has 1 aromatic rings. The maximum atomic E-state index is 11.5. The van der Waals surface area contributed by atoms with Gasteiger partial charge in [0.1, 0.15) is 5.75 Å². The van der Waals surface area contributed by atoms with Gasteiger partial charge in [0.15, 0.2) is 0 Å². The first kappa shape index (κ1) is 10.9. The molecule has 0 saturated heterocycles. The van der Waals surface area contributed by atoms with Gasteiger partial charge in [0.25, 0.3) is 0 Å². The molecule has 4 heteroatoms. The minimum atomic E-state index is -0.792. The van der Waals surface area contributed by atoms with Crippen molar-refractivity contribution in [3.05, 3.63) is 24.0 Å². The van der Waals surface area contributed by atoms with Crippen molar-refractivity contribution in [2.24, 2.45) is 0 Å². The molecule has 2 rings (SSSR count). The number of ether oxygens (including phenoxy) is 1. The van der Waals surface area contributed by atoms with Gasteiger partial charge in [0, 0.05) is 18.0 Å². The number of hydrogen-bond donors (Lipinski definition) is 1. The van der Waals surface area contributed by atoms with Crippen molar-refractivity contribution in [1.82, 2.24) is 4.98 Å². The predicted octanol–water partition coefficient (Wildman–Crippen LogP) is 1.99. The minimum Gasteiger partial charge on any atom is -0.496 e. The number of rotatable bonds is 3. The molecular weight excluding hydrogens is 206 g/mol. The number of hydrogen-bond acceptors (Lipinski definition) is 3. The Balaban J connectivity index is 2.51. The van der Waals surface area contributed by atoms with Gasteiger partial charge in [-0.25, -0.2) is 0 Å². The third-order valence-electron chi connectivity index (χ3n) is 3.38. The van der Waals surface area contributed by atoms with Gasteiger partial charge in [-0.1, -0.05) is 12.8 Å². The lowest BCUT2D eigenvalue weighted by Crippen LogP contribution is -2.33. The van der Waals surface area contributed by atoms with E-state index in [1.54, 1.807) is 25.6 Å². The second kappa shape index (κ2) is 4.12. The minimum absolute atomic E-state index is 0.624. The summed E-state index contributed by atoms with van der Waals surface area (Å²) in [6.07, 6.45) is 6.48. The molecule has 0 bridgehead atoms. The summed E-state index contributed by atoms with van der Waals surface area (Å²) in [4.78, 5) is 15.5. The molecule has 0 aliphatic heterocycles. The van der Waals surface area contributed by atoms with Gasteiger partial charge in [0.2, 0.25) is 0 Å². The van der Waals surface area contributed by atoms with Crippen LogP contribution in [0.15, 0.2) is 18.5 Å². The van der Waals surface area contributed by atoms with Crippen LogP contribution in [-0.2, 0) is 10.2 Å². The van der Waals surface area contributed by atoms with Crippen molar-refractivity contribution in [1.29, 1.82) is 0 Å². The van der Waals surface area contributed by atoms with Gasteiger partial charge in [-0.15, -0.1) is 0 Å². The first-order valence-corrected chi connectivity index (χ1v) is 5.42. The zero-order chi connectivity index (χ0) is 11.6. The van der Waals surface area contributed by atoms with Crippen LogP contribution in [0.5, 0.6) is 5.75 Å². The van der Waals surface area contributed by atoms with E-state index in [0.29, 0.717) is 24.2 Å². The molecular formula is C12H15NO3. The topological polar surface area (TPSA) is 59.4 Å². The van der Waals surface area contributed by atoms with E-state index in [4.69, 9.17) is 4.74 Å². The summed E-state index contributed by atoms with van der Waals surface area (Å²) in [6, 6.07) is 1.72. The summed E-state index contributed by atoms with van der Waals surface area (Å²) in [7, 11) is 1.56. The van der Waals surface area contributed by atoms with Crippen molar-refractivity contribution >= 4 is 5.97 Å². The summed E-state index contributed by atoms with van der Waals surface area (Å²) < 4.78 is 5.23. The van der Waals surface area contributed by atoms with Gasteiger partial charge in [0.05, 0.1) is 12.5 Å². The van der Waals surface area contributed by atoms with Crippen molar-refractivity contribution in [2.75, 3.05) is 7.11 Å². The largest absolute Gasteiger partial charge is 0.496 e. The van der Waals surface area contributed by atoms with Crippen LogP contribution in [0.2, 0.25) is 0 Å². The quantitative estimate of drug-likeness (QED) is 0.847. The van der Waals surface area contributed by atoms with Crippen LogP contribution in [0.1, 0.15) is 31.2 Å². The van der Waals surface area contributed by atoms with Crippen molar-refractivity contribution < 1.29 is 14.6 Å². The van der Waals surface area contributed by atoms with E-state index in [1.807, 2.05) is 0 Å². The molecule has 1 N–H and O–H groups in total. The highest BCUT2D eigenvalue weighted by Crippen LogP contribution is 2.44. The Labute approximate surface area is 94.3 Å². The summed E-state index contributed by atoms with van der Waals surface area (Å²) in [5.74, 6) is -0.143. The van der Waals surface area contributed by atoms with Crippen molar-refractivity contribution in [3.8, 4) is 5.75 Å². The predicted molar refractivity (Wildman–Crippen MR) is 58.6 cm³/mol. The molecule has 1 aliphatic rings. The Morgan fingerprint density at radius 2 is 2.19 bits per heavy atom. The molecule has 86 valence electrons. The fourth-order valence-electron chi connectivity index (χ4n) is 2.50. The fraction of sp³-hybridized carbons (Fsp3) is 0.500. The molecule has 1 fully saturated rings. The van der Waals surface area contributed by atoms with Crippen molar-refractivity contribution in [2.45, 2.75) is 31.1 Å². The molecule has 1 heterocycles. The molecule has 0 spiro atoms. The smallest absolute Gasteiger partial charge is 0.314 e. The molecule has 0 atom stereocenters. The van der Waals surface area contributed by atoms with Gasteiger partial charge in [-0.3, -0.25) is 9.78 Å². The highest BCUT2D eigenvalue weighted by Gasteiger charge is 2.44. The molecule has 0 amide bonds. The Morgan fingerprint density at radius 1 is 1.50 bits per heavy atom. The van der Waals surface area contributed by atoms with Crippen LogP contribution in [0.3, 0.4) is 0 Å². The highest BCUT2D eigenvalue weighted by molar-refractivity contribution is 5.82. The fourth-order valence-corrected chi connectivity index (χ4v) is 2.50. The average Bonchev–Trinajstić information content (AvgIpc) is 2.79. The molecule has 1 aliphatic carbocycles. The second-order valence-corrected chi connectivity index (χ2v) is 4.17. The number of pyridine rings is 1. The number of methoxy groups -OCH3 is 1. The second-order valence-electron chi connectivity index (χ2n) is 4.17. The Hall–Kier alpha value is -1.58. The summed E-state index contributed by atoms with van der Waals surface area (Å²) in [5.41, 5.74) is -0.0814. The number of carbonyl (C=O) groups is 1. The Kier molecular flexibility index (Phi) is 2.81. The average molecular weight is 221 g/mol. The molecule has 16 heavy (non-hydrogen) atoms. The molecule has 0 unspecified atom stereocenters. The maximum Gasteiger partial charge on any atom is 0.314 e. The van der Waals surface area contributed by atoms with Gasteiger partial charge in [-0.2, -0.15) is 0 Å². The SMILES string of the molecule is COc1ccncc1C1(C(=O)O)CCCC1. The third kappa shape index (κ3) is 1.54. The lowest BCUT2D eigenvalue weighted by atomic mass is 9.79. The molecule has 0 radical (unpaired) electrons. The number of aliphatic carboxylic acids is 1. The van der Waals surface area contributed by atoms with Crippen molar-refractivity contribution in [3.63, 3.8) is 0 Å². The van der Waals surface area contributed by atoms with E-state index in [-0.39, 0.29) is 0 Å². The normalized spacial score (nSPS) is 18.3. The maximum absolute atomic E-state index is 11.5. The van der Waals surface area contributed by atoms with Crippen LogP contribution in [-0.4, -0.2) is 23.2 Å². The monoisotopic (exact) mass is 221 g/mol. The van der Waals surface area contributed by atoms with E-state index < -0.39 is 11.4 Å². The van der Waals surface area contributed by atoms with Gasteiger partial charge >= 0.3 is 5.97 Å². The van der Waals surface area contributed by atoms with Gasteiger partial charge in [-0.05, 0) is 18.9 Å². The number of carboxylic acid groups (broad SMARTS) is 1. The molecule has 1 saturated carbocycles. The first-order valence-electron chi connectivity index (χ1n) is 5.42. The van der Waals surface area contributed by atoms with Crippen LogP contribution in [0, 0.1) is 0 Å². The van der Waals surface area contributed by atoms with E-state index in [0.717, 1.165) is 12.8 Å². The lowest BCUT2D eigenvalue weighted by Gasteiger charge is -2.25. The van der Waals surface area contributed by atoms with Crippen LogP contribution in [0.4, 0.5) is 0 Å².